The molecule has 20 heavy (non-hydrogen) atoms. The second-order valence-electron chi connectivity index (χ2n) is 4.94. The van der Waals surface area contributed by atoms with Crippen molar-refractivity contribution < 1.29 is 4.74 Å². The van der Waals surface area contributed by atoms with Crippen LogP contribution in [0.1, 0.15) is 34.8 Å². The first-order valence-electron chi connectivity index (χ1n) is 7.13. The fourth-order valence-electron chi connectivity index (χ4n) is 2.37. The van der Waals surface area contributed by atoms with Gasteiger partial charge in [-0.2, -0.15) is 0 Å². The third-order valence-corrected chi connectivity index (χ3v) is 4.52. The van der Waals surface area contributed by atoms with Crippen LogP contribution in [-0.4, -0.2) is 29.9 Å². The van der Waals surface area contributed by atoms with Crippen LogP contribution in [0.15, 0.2) is 24.3 Å². The van der Waals surface area contributed by atoms with E-state index >= 15 is 0 Å². The highest BCUT2D eigenvalue weighted by atomic mass is 32.1. The Morgan fingerprint density at radius 2 is 2.20 bits per heavy atom. The highest BCUT2D eigenvalue weighted by molar-refractivity contribution is 7.11. The van der Waals surface area contributed by atoms with Gasteiger partial charge in [0.2, 0.25) is 0 Å². The number of hydrogen-bond donors (Lipinski definition) is 1. The highest BCUT2D eigenvalue weighted by Crippen LogP contribution is 2.38. The van der Waals surface area contributed by atoms with E-state index in [4.69, 9.17) is 4.74 Å². The van der Waals surface area contributed by atoms with Gasteiger partial charge in [0.25, 0.3) is 0 Å². The summed E-state index contributed by atoms with van der Waals surface area (Å²) in [5, 5.41) is 14.2. The first-order chi connectivity index (χ1) is 9.88. The van der Waals surface area contributed by atoms with E-state index in [1.165, 1.54) is 5.56 Å². The predicted octanol–water partition coefficient (Wildman–Crippen LogP) is 2.60. The van der Waals surface area contributed by atoms with E-state index in [1.807, 2.05) is 12.1 Å². The largest absolute Gasteiger partial charge is 0.492 e. The molecule has 0 radical (unpaired) electrons. The van der Waals surface area contributed by atoms with Gasteiger partial charge >= 0.3 is 0 Å². The van der Waals surface area contributed by atoms with Crippen molar-refractivity contribution in [1.29, 1.82) is 0 Å². The average Bonchev–Trinajstić information content (AvgIpc) is 3.10. The zero-order chi connectivity index (χ0) is 13.8. The second-order valence-corrected chi connectivity index (χ2v) is 6.03. The molecule has 106 valence electrons. The molecule has 1 N–H and O–H groups in total. The van der Waals surface area contributed by atoms with Crippen LogP contribution >= 0.6 is 11.3 Å². The number of benzene rings is 1. The number of hydrogen-bond acceptors (Lipinski definition) is 5. The van der Waals surface area contributed by atoms with Crippen LogP contribution < -0.4 is 10.1 Å². The van der Waals surface area contributed by atoms with E-state index < -0.39 is 0 Å². The number of rotatable bonds is 6. The van der Waals surface area contributed by atoms with Crippen molar-refractivity contribution in [2.75, 3.05) is 19.7 Å². The van der Waals surface area contributed by atoms with Gasteiger partial charge in [-0.1, -0.05) is 25.1 Å². The molecule has 1 aromatic carbocycles. The molecule has 0 saturated heterocycles. The standard InChI is InChI=1S/C15H19N3OS/c1-2-8-16-9-7-14-17-18-15(20-14)12-10-19-13-6-4-3-5-11(12)13/h3-6,12,16H,2,7-10H2,1H3. The third kappa shape index (κ3) is 2.83. The SMILES string of the molecule is CCCNCCc1nnc(C2COc3ccccc32)s1. The lowest BCUT2D eigenvalue weighted by atomic mass is 10.0. The summed E-state index contributed by atoms with van der Waals surface area (Å²) >= 11 is 1.71. The molecule has 0 bridgehead atoms. The molecule has 1 unspecified atom stereocenters. The molecular formula is C15H19N3OS. The summed E-state index contributed by atoms with van der Waals surface area (Å²) in [6.45, 7) is 4.89. The van der Waals surface area contributed by atoms with Crippen molar-refractivity contribution in [3.63, 3.8) is 0 Å². The van der Waals surface area contributed by atoms with Crippen LogP contribution in [-0.2, 0) is 6.42 Å². The molecule has 0 fully saturated rings. The van der Waals surface area contributed by atoms with Gasteiger partial charge in [-0.05, 0) is 19.0 Å². The summed E-state index contributed by atoms with van der Waals surface area (Å²) in [5.74, 6) is 1.24. The number of aromatic nitrogens is 2. The van der Waals surface area contributed by atoms with Crippen molar-refractivity contribution in [1.82, 2.24) is 15.5 Å². The predicted molar refractivity (Wildman–Crippen MR) is 80.6 cm³/mol. The first kappa shape index (κ1) is 13.5. The lowest BCUT2D eigenvalue weighted by molar-refractivity contribution is 0.342. The molecule has 0 saturated carbocycles. The molecular weight excluding hydrogens is 270 g/mol. The first-order valence-corrected chi connectivity index (χ1v) is 7.95. The zero-order valence-electron chi connectivity index (χ0n) is 11.6. The van der Waals surface area contributed by atoms with Gasteiger partial charge < -0.3 is 10.1 Å². The van der Waals surface area contributed by atoms with Crippen LogP contribution in [0.25, 0.3) is 0 Å². The Balaban J connectivity index is 1.66. The van der Waals surface area contributed by atoms with E-state index in [0.29, 0.717) is 6.61 Å². The molecule has 2 heterocycles. The smallest absolute Gasteiger partial charge is 0.128 e. The fourth-order valence-corrected chi connectivity index (χ4v) is 3.32. The van der Waals surface area contributed by atoms with Crippen molar-refractivity contribution in [3.05, 3.63) is 39.8 Å². The molecule has 1 aromatic heterocycles. The molecule has 1 atom stereocenters. The molecule has 5 heteroatoms. The van der Waals surface area contributed by atoms with E-state index in [2.05, 4.69) is 34.6 Å². The van der Waals surface area contributed by atoms with Gasteiger partial charge in [0, 0.05) is 18.5 Å². The van der Waals surface area contributed by atoms with Gasteiger partial charge in [0.1, 0.15) is 22.4 Å². The molecule has 1 aliphatic heterocycles. The van der Waals surface area contributed by atoms with Gasteiger partial charge in [0.05, 0.1) is 5.92 Å². The fraction of sp³-hybridized carbons (Fsp3) is 0.467. The summed E-state index contributed by atoms with van der Waals surface area (Å²) < 4.78 is 5.71. The van der Waals surface area contributed by atoms with E-state index in [1.54, 1.807) is 11.3 Å². The Labute approximate surface area is 123 Å². The Morgan fingerprint density at radius 3 is 3.10 bits per heavy atom. The second kappa shape index (κ2) is 6.33. The van der Waals surface area contributed by atoms with Gasteiger partial charge in [-0.25, -0.2) is 0 Å². The number of ether oxygens (including phenoxy) is 1. The summed E-state index contributed by atoms with van der Waals surface area (Å²) in [6, 6.07) is 8.20. The Bertz CT molecular complexity index is 570. The van der Waals surface area contributed by atoms with E-state index in [-0.39, 0.29) is 5.92 Å². The maximum Gasteiger partial charge on any atom is 0.128 e. The minimum absolute atomic E-state index is 0.251. The lowest BCUT2D eigenvalue weighted by Gasteiger charge is -2.02. The zero-order valence-corrected chi connectivity index (χ0v) is 12.4. The Morgan fingerprint density at radius 1 is 1.30 bits per heavy atom. The van der Waals surface area contributed by atoms with Crippen LogP contribution in [0.5, 0.6) is 5.75 Å². The molecule has 1 aliphatic rings. The topological polar surface area (TPSA) is 47.0 Å². The molecule has 0 amide bonds. The van der Waals surface area contributed by atoms with E-state index in [0.717, 1.165) is 41.7 Å². The molecule has 2 aromatic rings. The quantitative estimate of drug-likeness (QED) is 0.830. The van der Waals surface area contributed by atoms with Crippen LogP contribution in [0, 0.1) is 0 Å². The highest BCUT2D eigenvalue weighted by Gasteiger charge is 2.28. The third-order valence-electron chi connectivity index (χ3n) is 3.42. The van der Waals surface area contributed by atoms with Gasteiger partial charge in [-0.15, -0.1) is 21.5 Å². The van der Waals surface area contributed by atoms with Gasteiger partial charge in [0.15, 0.2) is 0 Å². The summed E-state index contributed by atoms with van der Waals surface area (Å²) in [6.07, 6.45) is 2.12. The maximum absolute atomic E-state index is 5.71. The molecule has 3 rings (SSSR count). The minimum atomic E-state index is 0.251. The Hall–Kier alpha value is -1.46. The normalized spacial score (nSPS) is 16.9. The van der Waals surface area contributed by atoms with Crippen molar-refractivity contribution in [2.45, 2.75) is 25.7 Å². The summed E-state index contributed by atoms with van der Waals surface area (Å²) in [7, 11) is 0. The van der Waals surface area contributed by atoms with Crippen molar-refractivity contribution in [2.24, 2.45) is 0 Å². The molecule has 0 aliphatic carbocycles. The van der Waals surface area contributed by atoms with Crippen LogP contribution in [0.3, 0.4) is 0 Å². The average molecular weight is 289 g/mol. The summed E-state index contributed by atoms with van der Waals surface area (Å²) in [4.78, 5) is 0. The summed E-state index contributed by atoms with van der Waals surface area (Å²) in [5.41, 5.74) is 1.24. The van der Waals surface area contributed by atoms with Crippen LogP contribution in [0.2, 0.25) is 0 Å². The number of nitrogens with zero attached hydrogens (tertiary/aromatic N) is 2. The number of fused-ring (bicyclic) bond motifs is 1. The van der Waals surface area contributed by atoms with Crippen LogP contribution in [0.4, 0.5) is 0 Å². The molecule has 4 nitrogen and oxygen atoms in total. The number of para-hydroxylation sites is 1. The van der Waals surface area contributed by atoms with Crippen molar-refractivity contribution in [3.8, 4) is 5.75 Å². The maximum atomic E-state index is 5.71. The van der Waals surface area contributed by atoms with E-state index in [9.17, 15) is 0 Å². The Kier molecular flexibility index (Phi) is 4.28. The molecule has 0 spiro atoms. The number of nitrogens with one attached hydrogen (secondary N) is 1. The minimum Gasteiger partial charge on any atom is -0.492 e. The lowest BCUT2D eigenvalue weighted by Crippen LogP contribution is -2.17. The van der Waals surface area contributed by atoms with Crippen molar-refractivity contribution >= 4 is 11.3 Å². The monoisotopic (exact) mass is 289 g/mol. The van der Waals surface area contributed by atoms with Gasteiger partial charge in [-0.3, -0.25) is 0 Å².